The van der Waals surface area contributed by atoms with Crippen LogP contribution in [0, 0.1) is 16.7 Å². The SMILES string of the molecule is CC[C@@](C)(C#N)CN. The zero-order chi connectivity index (χ0) is 6.62. The summed E-state index contributed by atoms with van der Waals surface area (Å²) in [6, 6.07) is 2.15. The van der Waals surface area contributed by atoms with Crippen molar-refractivity contribution in [3.05, 3.63) is 0 Å². The lowest BCUT2D eigenvalue weighted by Gasteiger charge is -2.14. The molecular formula is C6H12N2. The molecule has 0 spiro atoms. The molecule has 0 unspecified atom stereocenters. The molecule has 46 valence electrons. The van der Waals surface area contributed by atoms with Gasteiger partial charge in [-0.3, -0.25) is 0 Å². The van der Waals surface area contributed by atoms with Crippen molar-refractivity contribution in [2.75, 3.05) is 6.54 Å². The summed E-state index contributed by atoms with van der Waals surface area (Å²) >= 11 is 0. The van der Waals surface area contributed by atoms with Gasteiger partial charge < -0.3 is 5.73 Å². The van der Waals surface area contributed by atoms with Gasteiger partial charge in [0.05, 0.1) is 11.5 Å². The smallest absolute Gasteiger partial charge is 0.0700 e. The number of rotatable bonds is 2. The van der Waals surface area contributed by atoms with Crippen LogP contribution in [0.3, 0.4) is 0 Å². The van der Waals surface area contributed by atoms with Crippen LogP contribution in [0.5, 0.6) is 0 Å². The number of nitrogens with zero attached hydrogens (tertiary/aromatic N) is 1. The highest BCUT2D eigenvalue weighted by molar-refractivity contribution is 4.94. The Labute approximate surface area is 50.3 Å². The summed E-state index contributed by atoms with van der Waals surface area (Å²) in [6.07, 6.45) is 0.833. The molecule has 0 saturated carbocycles. The van der Waals surface area contributed by atoms with Crippen molar-refractivity contribution in [3.8, 4) is 6.07 Å². The Morgan fingerprint density at radius 3 is 2.25 bits per heavy atom. The first-order chi connectivity index (χ1) is 3.68. The fraction of sp³-hybridized carbons (Fsp3) is 0.833. The van der Waals surface area contributed by atoms with Crippen LogP contribution < -0.4 is 5.73 Å². The van der Waals surface area contributed by atoms with E-state index in [2.05, 4.69) is 6.07 Å². The van der Waals surface area contributed by atoms with Crippen molar-refractivity contribution in [1.82, 2.24) is 0 Å². The molecule has 0 aromatic carbocycles. The predicted molar refractivity (Wildman–Crippen MR) is 33.1 cm³/mol. The quantitative estimate of drug-likeness (QED) is 0.576. The molecule has 8 heavy (non-hydrogen) atoms. The second kappa shape index (κ2) is 2.68. The molecule has 2 N–H and O–H groups in total. The molecule has 0 fully saturated rings. The van der Waals surface area contributed by atoms with E-state index in [0.717, 1.165) is 6.42 Å². The average Bonchev–Trinajstić information content (AvgIpc) is 1.87. The van der Waals surface area contributed by atoms with E-state index < -0.39 is 0 Å². The largest absolute Gasteiger partial charge is 0.329 e. The monoisotopic (exact) mass is 112 g/mol. The highest BCUT2D eigenvalue weighted by atomic mass is 14.6. The highest BCUT2D eigenvalue weighted by Crippen LogP contribution is 2.15. The molecule has 0 heterocycles. The van der Waals surface area contributed by atoms with Gasteiger partial charge in [0.1, 0.15) is 0 Å². The maximum Gasteiger partial charge on any atom is 0.0700 e. The van der Waals surface area contributed by atoms with Gasteiger partial charge >= 0.3 is 0 Å². The maximum atomic E-state index is 8.46. The first-order valence-electron chi connectivity index (χ1n) is 2.80. The maximum absolute atomic E-state index is 8.46. The van der Waals surface area contributed by atoms with Gasteiger partial charge in [0.25, 0.3) is 0 Å². The minimum absolute atomic E-state index is 0.292. The molecule has 2 nitrogen and oxygen atoms in total. The molecule has 0 amide bonds. The number of hydrogen-bond acceptors (Lipinski definition) is 2. The van der Waals surface area contributed by atoms with Gasteiger partial charge in [0.15, 0.2) is 0 Å². The van der Waals surface area contributed by atoms with E-state index in [1.165, 1.54) is 0 Å². The summed E-state index contributed by atoms with van der Waals surface area (Å²) < 4.78 is 0. The Balaban J connectivity index is 3.83. The van der Waals surface area contributed by atoms with Gasteiger partial charge in [-0.15, -0.1) is 0 Å². The van der Waals surface area contributed by atoms with E-state index in [0.29, 0.717) is 6.54 Å². The summed E-state index contributed by atoms with van der Waals surface area (Å²) in [5.41, 5.74) is 5.01. The summed E-state index contributed by atoms with van der Waals surface area (Å²) in [7, 11) is 0. The van der Waals surface area contributed by atoms with Crippen molar-refractivity contribution in [2.45, 2.75) is 20.3 Å². The highest BCUT2D eigenvalue weighted by Gasteiger charge is 2.17. The molecule has 0 saturated heterocycles. The third kappa shape index (κ3) is 1.51. The van der Waals surface area contributed by atoms with Gasteiger partial charge in [-0.25, -0.2) is 0 Å². The van der Waals surface area contributed by atoms with Crippen LogP contribution in [-0.4, -0.2) is 6.54 Å². The molecule has 0 aromatic heterocycles. The molecule has 0 aliphatic carbocycles. The number of nitriles is 1. The Bertz CT molecular complexity index is 97.6. The molecule has 0 radical (unpaired) electrons. The van der Waals surface area contributed by atoms with E-state index >= 15 is 0 Å². The van der Waals surface area contributed by atoms with E-state index in [1.807, 2.05) is 13.8 Å². The standard InChI is InChI=1S/C6H12N2/c1-3-6(2,4-7)5-8/h3-4,7H2,1-2H3/t6-/m1/s1. The van der Waals surface area contributed by atoms with Crippen LogP contribution in [-0.2, 0) is 0 Å². The van der Waals surface area contributed by atoms with E-state index in [1.54, 1.807) is 0 Å². The van der Waals surface area contributed by atoms with Crippen molar-refractivity contribution >= 4 is 0 Å². The summed E-state index contributed by atoms with van der Waals surface area (Å²) in [5.74, 6) is 0. The van der Waals surface area contributed by atoms with Crippen LogP contribution in [0.25, 0.3) is 0 Å². The Morgan fingerprint density at radius 2 is 2.25 bits per heavy atom. The molecule has 0 aliphatic rings. The van der Waals surface area contributed by atoms with Crippen molar-refractivity contribution in [2.24, 2.45) is 11.1 Å². The lowest BCUT2D eigenvalue weighted by molar-refractivity contribution is 0.439. The fourth-order valence-corrected chi connectivity index (χ4v) is 0.269. The summed E-state index contributed by atoms with van der Waals surface area (Å²) in [6.45, 7) is 4.29. The lowest BCUT2D eigenvalue weighted by atomic mass is 9.90. The van der Waals surface area contributed by atoms with Crippen LogP contribution in [0.4, 0.5) is 0 Å². The first kappa shape index (κ1) is 7.45. The zero-order valence-electron chi connectivity index (χ0n) is 5.44. The van der Waals surface area contributed by atoms with Crippen LogP contribution in [0.15, 0.2) is 0 Å². The molecule has 1 atom stereocenters. The molecular weight excluding hydrogens is 100 g/mol. The van der Waals surface area contributed by atoms with Crippen molar-refractivity contribution < 1.29 is 0 Å². The Morgan fingerprint density at radius 1 is 1.75 bits per heavy atom. The summed E-state index contributed by atoms with van der Waals surface area (Å²) in [5, 5.41) is 8.46. The second-order valence-corrected chi connectivity index (χ2v) is 2.23. The van der Waals surface area contributed by atoms with Gasteiger partial charge in [-0.1, -0.05) is 6.92 Å². The van der Waals surface area contributed by atoms with E-state index in [-0.39, 0.29) is 5.41 Å². The first-order valence-corrected chi connectivity index (χ1v) is 2.80. The Kier molecular flexibility index (Phi) is 2.50. The molecule has 0 rings (SSSR count). The normalized spacial score (nSPS) is 16.8. The molecule has 0 bridgehead atoms. The predicted octanol–water partition coefficient (Wildman–Crippen LogP) is 0.885. The topological polar surface area (TPSA) is 49.8 Å². The van der Waals surface area contributed by atoms with Crippen molar-refractivity contribution in [1.29, 1.82) is 5.26 Å². The van der Waals surface area contributed by atoms with E-state index in [4.69, 9.17) is 11.0 Å². The molecule has 0 aliphatic heterocycles. The zero-order valence-corrected chi connectivity index (χ0v) is 5.44. The minimum atomic E-state index is -0.292. The van der Waals surface area contributed by atoms with Crippen LogP contribution in [0.1, 0.15) is 20.3 Å². The fourth-order valence-electron chi connectivity index (χ4n) is 0.269. The lowest BCUT2D eigenvalue weighted by Crippen LogP contribution is -2.23. The number of hydrogen-bond donors (Lipinski definition) is 1. The molecule has 2 heteroatoms. The number of nitrogens with two attached hydrogens (primary N) is 1. The average molecular weight is 112 g/mol. The van der Waals surface area contributed by atoms with Gasteiger partial charge in [0, 0.05) is 6.54 Å². The van der Waals surface area contributed by atoms with Gasteiger partial charge in [-0.2, -0.15) is 5.26 Å². The van der Waals surface area contributed by atoms with Gasteiger partial charge in [-0.05, 0) is 13.3 Å². The van der Waals surface area contributed by atoms with E-state index in [9.17, 15) is 0 Å². The summed E-state index contributed by atoms with van der Waals surface area (Å²) in [4.78, 5) is 0. The third-order valence-electron chi connectivity index (χ3n) is 1.50. The van der Waals surface area contributed by atoms with Crippen LogP contribution >= 0.6 is 0 Å². The Hall–Kier alpha value is -0.550. The minimum Gasteiger partial charge on any atom is -0.329 e. The van der Waals surface area contributed by atoms with Crippen LogP contribution in [0.2, 0.25) is 0 Å². The van der Waals surface area contributed by atoms with Crippen molar-refractivity contribution in [3.63, 3.8) is 0 Å². The van der Waals surface area contributed by atoms with Gasteiger partial charge in [0.2, 0.25) is 0 Å². The second-order valence-electron chi connectivity index (χ2n) is 2.23. The molecule has 0 aromatic rings. The third-order valence-corrected chi connectivity index (χ3v) is 1.50.